The maximum Gasteiger partial charge on any atom is 0.0890 e. The first-order valence-corrected chi connectivity index (χ1v) is 7.65. The van der Waals surface area contributed by atoms with Crippen LogP contribution in [0.1, 0.15) is 22.9 Å². The molecule has 0 aliphatic carbocycles. The van der Waals surface area contributed by atoms with Crippen molar-refractivity contribution in [3.63, 3.8) is 0 Å². The number of benzene rings is 1. The van der Waals surface area contributed by atoms with Gasteiger partial charge >= 0.3 is 0 Å². The minimum absolute atomic E-state index is 0.350. The molecule has 1 aromatic carbocycles. The summed E-state index contributed by atoms with van der Waals surface area (Å²) in [5, 5.41) is 5.54. The van der Waals surface area contributed by atoms with E-state index in [1.54, 1.807) is 12.4 Å². The molecule has 3 rings (SSSR count). The standard InChI is InChI=1S/C16H17N3S/c1-17-14(7-5-13-3-2-10-20-13)12-4-6-15-16(11-12)19-9-8-18-15/h2-4,6,8-11,14,17H,5,7H2,1H3. The van der Waals surface area contributed by atoms with Crippen molar-refractivity contribution in [2.45, 2.75) is 18.9 Å². The highest BCUT2D eigenvalue weighted by Crippen LogP contribution is 2.23. The van der Waals surface area contributed by atoms with Crippen molar-refractivity contribution in [3.8, 4) is 0 Å². The second kappa shape index (κ2) is 6.11. The number of hydrogen-bond donors (Lipinski definition) is 1. The predicted octanol–water partition coefficient (Wildman–Crippen LogP) is 3.58. The van der Waals surface area contributed by atoms with Gasteiger partial charge in [-0.05, 0) is 49.0 Å². The SMILES string of the molecule is CNC(CCc1cccs1)c1ccc2nccnc2c1. The van der Waals surface area contributed by atoms with Gasteiger partial charge in [-0.2, -0.15) is 0 Å². The van der Waals surface area contributed by atoms with Gasteiger partial charge in [-0.25, -0.2) is 0 Å². The molecule has 2 heterocycles. The number of rotatable bonds is 5. The molecule has 0 amide bonds. The summed E-state index contributed by atoms with van der Waals surface area (Å²) >= 11 is 1.82. The molecule has 4 heteroatoms. The first-order chi connectivity index (χ1) is 9.86. The Balaban J connectivity index is 1.79. The highest BCUT2D eigenvalue weighted by atomic mass is 32.1. The van der Waals surface area contributed by atoms with E-state index in [0.717, 1.165) is 23.9 Å². The fourth-order valence-corrected chi connectivity index (χ4v) is 3.14. The monoisotopic (exact) mass is 283 g/mol. The lowest BCUT2D eigenvalue weighted by molar-refractivity contribution is 0.552. The fourth-order valence-electron chi connectivity index (χ4n) is 2.42. The second-order valence-corrected chi connectivity index (χ2v) is 5.80. The van der Waals surface area contributed by atoms with Gasteiger partial charge in [-0.15, -0.1) is 11.3 Å². The van der Waals surface area contributed by atoms with Gasteiger partial charge in [-0.3, -0.25) is 9.97 Å². The molecule has 3 nitrogen and oxygen atoms in total. The van der Waals surface area contributed by atoms with E-state index in [9.17, 15) is 0 Å². The summed E-state index contributed by atoms with van der Waals surface area (Å²) in [6.45, 7) is 0. The Morgan fingerprint density at radius 1 is 1.15 bits per heavy atom. The molecule has 0 spiro atoms. The molecule has 0 saturated carbocycles. The van der Waals surface area contributed by atoms with E-state index in [0.29, 0.717) is 6.04 Å². The molecular formula is C16H17N3S. The Kier molecular flexibility index (Phi) is 4.04. The highest BCUT2D eigenvalue weighted by Gasteiger charge is 2.10. The van der Waals surface area contributed by atoms with Gasteiger partial charge in [0.05, 0.1) is 11.0 Å². The van der Waals surface area contributed by atoms with Crippen LogP contribution in [-0.4, -0.2) is 17.0 Å². The molecule has 0 aliphatic heterocycles. The minimum atomic E-state index is 0.350. The van der Waals surface area contributed by atoms with Crippen LogP contribution >= 0.6 is 11.3 Å². The Morgan fingerprint density at radius 3 is 2.75 bits per heavy atom. The number of nitrogens with one attached hydrogen (secondary N) is 1. The van der Waals surface area contributed by atoms with Crippen LogP contribution in [-0.2, 0) is 6.42 Å². The van der Waals surface area contributed by atoms with Crippen LogP contribution in [0, 0.1) is 0 Å². The van der Waals surface area contributed by atoms with Crippen LogP contribution in [0.2, 0.25) is 0 Å². The van der Waals surface area contributed by atoms with Crippen molar-refractivity contribution in [1.82, 2.24) is 15.3 Å². The number of thiophene rings is 1. The van der Waals surface area contributed by atoms with Crippen molar-refractivity contribution >= 4 is 22.4 Å². The molecule has 0 saturated heterocycles. The van der Waals surface area contributed by atoms with Gasteiger partial charge < -0.3 is 5.32 Å². The number of hydrogen-bond acceptors (Lipinski definition) is 4. The van der Waals surface area contributed by atoms with Crippen LogP contribution in [0.4, 0.5) is 0 Å². The van der Waals surface area contributed by atoms with E-state index in [2.05, 4.69) is 44.9 Å². The first-order valence-electron chi connectivity index (χ1n) is 6.77. The van der Waals surface area contributed by atoms with Crippen molar-refractivity contribution in [3.05, 3.63) is 58.5 Å². The maximum atomic E-state index is 4.38. The molecule has 1 atom stereocenters. The van der Waals surface area contributed by atoms with Crippen LogP contribution in [0.15, 0.2) is 48.1 Å². The Morgan fingerprint density at radius 2 is 2.00 bits per heavy atom. The molecule has 0 radical (unpaired) electrons. The van der Waals surface area contributed by atoms with E-state index >= 15 is 0 Å². The van der Waals surface area contributed by atoms with E-state index in [4.69, 9.17) is 0 Å². The average molecular weight is 283 g/mol. The summed E-state index contributed by atoms with van der Waals surface area (Å²) in [6.07, 6.45) is 5.66. The van der Waals surface area contributed by atoms with E-state index < -0.39 is 0 Å². The molecule has 1 unspecified atom stereocenters. The van der Waals surface area contributed by atoms with Crippen LogP contribution in [0.3, 0.4) is 0 Å². The molecule has 2 aromatic heterocycles. The number of nitrogens with zero attached hydrogens (tertiary/aromatic N) is 2. The highest BCUT2D eigenvalue weighted by molar-refractivity contribution is 7.09. The molecule has 20 heavy (non-hydrogen) atoms. The van der Waals surface area contributed by atoms with Crippen LogP contribution in [0.5, 0.6) is 0 Å². The summed E-state index contributed by atoms with van der Waals surface area (Å²) in [7, 11) is 2.01. The van der Waals surface area contributed by atoms with Crippen molar-refractivity contribution in [2.24, 2.45) is 0 Å². The number of aromatic nitrogens is 2. The van der Waals surface area contributed by atoms with Crippen molar-refractivity contribution in [2.75, 3.05) is 7.05 Å². The molecule has 1 N–H and O–H groups in total. The van der Waals surface area contributed by atoms with Gasteiger partial charge in [0.25, 0.3) is 0 Å². The summed E-state index contributed by atoms with van der Waals surface area (Å²) in [6, 6.07) is 11.0. The zero-order valence-corrected chi connectivity index (χ0v) is 12.2. The Hall–Kier alpha value is -1.78. The lowest BCUT2D eigenvalue weighted by Gasteiger charge is -2.16. The molecule has 0 fully saturated rings. The third-order valence-corrected chi connectivity index (χ3v) is 4.44. The molecule has 0 bridgehead atoms. The van der Waals surface area contributed by atoms with Crippen molar-refractivity contribution in [1.29, 1.82) is 0 Å². The molecule has 102 valence electrons. The number of fused-ring (bicyclic) bond motifs is 1. The van der Waals surface area contributed by atoms with E-state index in [1.165, 1.54) is 10.4 Å². The topological polar surface area (TPSA) is 37.8 Å². The summed E-state index contributed by atoms with van der Waals surface area (Å²) in [5.74, 6) is 0. The zero-order chi connectivity index (χ0) is 13.8. The molecule has 0 aliphatic rings. The predicted molar refractivity (Wildman–Crippen MR) is 84.0 cm³/mol. The van der Waals surface area contributed by atoms with Gasteiger partial charge in [0.15, 0.2) is 0 Å². The maximum absolute atomic E-state index is 4.38. The van der Waals surface area contributed by atoms with Gasteiger partial charge in [-0.1, -0.05) is 12.1 Å². The zero-order valence-electron chi connectivity index (χ0n) is 11.4. The lowest BCUT2D eigenvalue weighted by Crippen LogP contribution is -2.17. The summed E-state index contributed by atoms with van der Waals surface area (Å²) < 4.78 is 0. The van der Waals surface area contributed by atoms with E-state index in [1.807, 2.05) is 24.5 Å². The Bertz CT molecular complexity index is 679. The van der Waals surface area contributed by atoms with Crippen LogP contribution < -0.4 is 5.32 Å². The van der Waals surface area contributed by atoms with Gasteiger partial charge in [0.1, 0.15) is 0 Å². The second-order valence-electron chi connectivity index (χ2n) is 4.76. The summed E-state index contributed by atoms with van der Waals surface area (Å²) in [4.78, 5) is 10.1. The fraction of sp³-hybridized carbons (Fsp3) is 0.250. The van der Waals surface area contributed by atoms with Crippen molar-refractivity contribution < 1.29 is 0 Å². The largest absolute Gasteiger partial charge is 0.313 e. The minimum Gasteiger partial charge on any atom is -0.313 e. The average Bonchev–Trinajstić information content (AvgIpc) is 3.01. The molecular weight excluding hydrogens is 266 g/mol. The first kappa shape index (κ1) is 13.2. The third-order valence-electron chi connectivity index (χ3n) is 3.50. The normalized spacial score (nSPS) is 12.7. The van der Waals surface area contributed by atoms with Crippen LogP contribution in [0.25, 0.3) is 11.0 Å². The lowest BCUT2D eigenvalue weighted by atomic mass is 10.0. The summed E-state index contributed by atoms with van der Waals surface area (Å²) in [5.41, 5.74) is 3.18. The van der Waals surface area contributed by atoms with Gasteiger partial charge in [0, 0.05) is 23.3 Å². The Labute approximate surface area is 122 Å². The smallest absolute Gasteiger partial charge is 0.0890 e. The quantitative estimate of drug-likeness (QED) is 0.777. The molecule has 3 aromatic rings. The van der Waals surface area contributed by atoms with E-state index in [-0.39, 0.29) is 0 Å². The third kappa shape index (κ3) is 2.86. The van der Waals surface area contributed by atoms with Gasteiger partial charge in [0.2, 0.25) is 0 Å². The number of aryl methyl sites for hydroxylation is 1.